The Kier molecular flexibility index (Phi) is 4.61. The van der Waals surface area contributed by atoms with E-state index in [4.69, 9.17) is 0 Å². The van der Waals surface area contributed by atoms with Gasteiger partial charge in [0.2, 0.25) is 0 Å². The van der Waals surface area contributed by atoms with E-state index in [2.05, 4.69) is 16.6 Å². The van der Waals surface area contributed by atoms with E-state index in [1.165, 1.54) is 6.47 Å². The number of hydrogen-bond donors (Lipinski definition) is 0. The monoisotopic (exact) mass is 125 g/mol. The van der Waals surface area contributed by atoms with E-state index in [-0.39, 0.29) is 6.10 Å². The Morgan fingerprint density at radius 1 is 1.67 bits per heavy atom. The van der Waals surface area contributed by atoms with Gasteiger partial charge in [-0.1, -0.05) is 18.8 Å². The van der Waals surface area contributed by atoms with E-state index < -0.39 is 0 Å². The van der Waals surface area contributed by atoms with Crippen LogP contribution >= 0.6 is 0 Å². The zero-order chi connectivity index (χ0) is 7.11. The smallest absolute Gasteiger partial charge is 0.418 e. The van der Waals surface area contributed by atoms with Gasteiger partial charge in [0.25, 0.3) is 0 Å². The number of carbonyl (C=O) groups excluding carboxylic acids is 1. The van der Waals surface area contributed by atoms with Crippen molar-refractivity contribution in [3.05, 3.63) is 0 Å². The van der Waals surface area contributed by atoms with E-state index in [1.54, 1.807) is 6.92 Å². The highest BCUT2D eigenvalue weighted by Crippen LogP contribution is 1.83. The SMILES string of the molecule is CCC#CC(C)O[C]=O. The normalized spacial score (nSPS) is 10.9. The fourth-order valence-corrected chi connectivity index (χ4v) is 0.347. The van der Waals surface area contributed by atoms with Gasteiger partial charge in [-0.3, -0.25) is 0 Å². The fourth-order valence-electron chi connectivity index (χ4n) is 0.347. The van der Waals surface area contributed by atoms with Crippen molar-refractivity contribution >= 4 is 6.47 Å². The number of rotatable bonds is 2. The highest BCUT2D eigenvalue weighted by molar-refractivity contribution is 5.39. The van der Waals surface area contributed by atoms with Crippen molar-refractivity contribution in [2.45, 2.75) is 26.4 Å². The summed E-state index contributed by atoms with van der Waals surface area (Å²) in [6, 6.07) is 0. The first-order valence-electron chi connectivity index (χ1n) is 2.82. The molecule has 49 valence electrons. The quantitative estimate of drug-likeness (QED) is 0.512. The lowest BCUT2D eigenvalue weighted by molar-refractivity contribution is 0.244. The highest BCUT2D eigenvalue weighted by Gasteiger charge is 1.91. The summed E-state index contributed by atoms with van der Waals surface area (Å²) in [5.41, 5.74) is 0. The molecule has 0 aromatic rings. The second-order valence-electron chi connectivity index (χ2n) is 1.52. The maximum absolute atomic E-state index is 9.56. The van der Waals surface area contributed by atoms with Gasteiger partial charge in [-0.05, 0) is 6.92 Å². The van der Waals surface area contributed by atoms with Crippen LogP contribution in [0, 0.1) is 11.8 Å². The Labute approximate surface area is 55.2 Å². The van der Waals surface area contributed by atoms with Crippen molar-refractivity contribution in [3.63, 3.8) is 0 Å². The Hall–Kier alpha value is -0.970. The van der Waals surface area contributed by atoms with Gasteiger partial charge >= 0.3 is 6.47 Å². The molecule has 0 rings (SSSR count). The van der Waals surface area contributed by atoms with Gasteiger partial charge in [-0.25, -0.2) is 4.79 Å². The molecular weight excluding hydrogens is 116 g/mol. The van der Waals surface area contributed by atoms with Gasteiger partial charge < -0.3 is 4.74 Å². The third-order valence-corrected chi connectivity index (χ3v) is 0.707. The maximum Gasteiger partial charge on any atom is 0.418 e. The Morgan fingerprint density at radius 2 is 2.33 bits per heavy atom. The maximum atomic E-state index is 9.56. The fraction of sp³-hybridized carbons (Fsp3) is 0.571. The van der Waals surface area contributed by atoms with Crippen molar-refractivity contribution in [1.29, 1.82) is 0 Å². The van der Waals surface area contributed by atoms with E-state index in [0.717, 1.165) is 6.42 Å². The van der Waals surface area contributed by atoms with Gasteiger partial charge in [-0.15, -0.1) is 0 Å². The molecule has 1 radical (unpaired) electrons. The van der Waals surface area contributed by atoms with E-state index in [1.807, 2.05) is 6.92 Å². The number of hydrogen-bond acceptors (Lipinski definition) is 2. The summed E-state index contributed by atoms with van der Waals surface area (Å²) in [7, 11) is 0. The highest BCUT2D eigenvalue weighted by atomic mass is 16.5. The van der Waals surface area contributed by atoms with Crippen LogP contribution in [0.1, 0.15) is 20.3 Å². The minimum atomic E-state index is -0.317. The largest absolute Gasteiger partial charge is 0.441 e. The topological polar surface area (TPSA) is 26.3 Å². The summed E-state index contributed by atoms with van der Waals surface area (Å²) in [4.78, 5) is 9.56. The molecule has 1 atom stereocenters. The average Bonchev–Trinajstić information content (AvgIpc) is 1.85. The predicted molar refractivity (Wildman–Crippen MR) is 34.3 cm³/mol. The molecule has 2 nitrogen and oxygen atoms in total. The molecule has 0 aromatic carbocycles. The van der Waals surface area contributed by atoms with E-state index in [9.17, 15) is 4.79 Å². The molecule has 2 heteroatoms. The van der Waals surface area contributed by atoms with Gasteiger partial charge in [-0.2, -0.15) is 0 Å². The van der Waals surface area contributed by atoms with Crippen LogP contribution in [0.3, 0.4) is 0 Å². The zero-order valence-corrected chi connectivity index (χ0v) is 5.60. The molecule has 0 heterocycles. The molecule has 0 saturated heterocycles. The summed E-state index contributed by atoms with van der Waals surface area (Å²) in [5, 5.41) is 0. The lowest BCUT2D eigenvalue weighted by atomic mass is 10.4. The Bertz CT molecular complexity index is 130. The first-order chi connectivity index (χ1) is 4.31. The van der Waals surface area contributed by atoms with Gasteiger partial charge in [0, 0.05) is 6.42 Å². The van der Waals surface area contributed by atoms with Gasteiger partial charge in [0.05, 0.1) is 0 Å². The molecule has 0 N–H and O–H groups in total. The zero-order valence-electron chi connectivity index (χ0n) is 5.60. The second kappa shape index (κ2) is 5.17. The van der Waals surface area contributed by atoms with Crippen LogP contribution in [0.5, 0.6) is 0 Å². The third-order valence-electron chi connectivity index (χ3n) is 0.707. The van der Waals surface area contributed by atoms with Crippen molar-refractivity contribution in [2.75, 3.05) is 0 Å². The molecule has 0 amide bonds. The first kappa shape index (κ1) is 8.03. The van der Waals surface area contributed by atoms with Crippen LogP contribution < -0.4 is 0 Å². The molecule has 1 unspecified atom stereocenters. The lowest BCUT2D eigenvalue weighted by Gasteiger charge is -1.95. The second-order valence-corrected chi connectivity index (χ2v) is 1.52. The van der Waals surface area contributed by atoms with Gasteiger partial charge in [0.15, 0.2) is 6.10 Å². The van der Waals surface area contributed by atoms with Crippen LogP contribution in [0.2, 0.25) is 0 Å². The average molecular weight is 125 g/mol. The van der Waals surface area contributed by atoms with Gasteiger partial charge in [0.1, 0.15) is 0 Å². The minimum Gasteiger partial charge on any atom is -0.441 e. The van der Waals surface area contributed by atoms with Crippen LogP contribution in [0.15, 0.2) is 0 Å². The molecule has 0 aliphatic rings. The molecule has 9 heavy (non-hydrogen) atoms. The third kappa shape index (κ3) is 4.89. The van der Waals surface area contributed by atoms with Crippen LogP contribution in [-0.2, 0) is 9.53 Å². The van der Waals surface area contributed by atoms with Crippen LogP contribution in [0.4, 0.5) is 0 Å². The summed E-state index contributed by atoms with van der Waals surface area (Å²) in [6.45, 7) is 4.96. The molecule has 0 fully saturated rings. The lowest BCUT2D eigenvalue weighted by Crippen LogP contribution is -2.02. The Morgan fingerprint density at radius 3 is 2.78 bits per heavy atom. The molecular formula is C7H9O2. The molecule has 0 spiro atoms. The summed E-state index contributed by atoms with van der Waals surface area (Å²) >= 11 is 0. The van der Waals surface area contributed by atoms with Crippen molar-refractivity contribution in [2.24, 2.45) is 0 Å². The van der Waals surface area contributed by atoms with Crippen LogP contribution in [-0.4, -0.2) is 12.6 Å². The first-order valence-corrected chi connectivity index (χ1v) is 2.82. The molecule has 0 bridgehead atoms. The van der Waals surface area contributed by atoms with E-state index >= 15 is 0 Å². The van der Waals surface area contributed by atoms with Crippen molar-refractivity contribution in [3.8, 4) is 11.8 Å². The Balaban J connectivity index is 3.47. The standard InChI is InChI=1S/C7H9O2/c1-3-4-5-7(2)9-6-8/h7H,3H2,1-2H3. The molecule has 0 saturated carbocycles. The summed E-state index contributed by atoms with van der Waals surface area (Å²) < 4.78 is 4.36. The van der Waals surface area contributed by atoms with Crippen molar-refractivity contribution < 1.29 is 9.53 Å². The molecule has 0 aromatic heterocycles. The van der Waals surface area contributed by atoms with Crippen LogP contribution in [0.25, 0.3) is 0 Å². The summed E-state index contributed by atoms with van der Waals surface area (Å²) in [5.74, 6) is 5.48. The van der Waals surface area contributed by atoms with Crippen molar-refractivity contribution in [1.82, 2.24) is 0 Å². The minimum absolute atomic E-state index is 0.317. The van der Waals surface area contributed by atoms with E-state index in [0.29, 0.717) is 0 Å². The summed E-state index contributed by atoms with van der Waals surface area (Å²) in [6.07, 6.45) is 0.467. The molecule has 0 aliphatic carbocycles. The molecule has 0 aliphatic heterocycles. The predicted octanol–water partition coefficient (Wildman–Crippen LogP) is 0.872. The number of ether oxygens (including phenoxy) is 1.